The largest absolute Gasteiger partial charge is 0.394 e. The van der Waals surface area contributed by atoms with Gasteiger partial charge in [0, 0.05) is 11.3 Å². The van der Waals surface area contributed by atoms with Crippen LogP contribution in [-0.2, 0) is 0 Å². The molecule has 4 nitrogen and oxygen atoms in total. The number of nitrogen functional groups attached to an aromatic ring is 1. The first-order chi connectivity index (χ1) is 7.29. The van der Waals surface area contributed by atoms with Crippen molar-refractivity contribution in [2.45, 2.75) is 30.6 Å². The molecule has 0 spiro atoms. The van der Waals surface area contributed by atoms with Crippen molar-refractivity contribution in [3.63, 3.8) is 0 Å². The third kappa shape index (κ3) is 2.53. The van der Waals surface area contributed by atoms with Crippen LogP contribution in [0.1, 0.15) is 19.3 Å². The van der Waals surface area contributed by atoms with Crippen LogP contribution in [0.4, 0.5) is 11.5 Å². The van der Waals surface area contributed by atoms with Gasteiger partial charge in [-0.15, -0.1) is 0 Å². The Kier molecular flexibility index (Phi) is 3.30. The maximum atomic E-state index is 5.77. The Bertz CT molecular complexity index is 331. The summed E-state index contributed by atoms with van der Waals surface area (Å²) in [5, 5.41) is 4.17. The van der Waals surface area contributed by atoms with Gasteiger partial charge >= 0.3 is 0 Å². The van der Waals surface area contributed by atoms with E-state index in [1.807, 2.05) is 11.8 Å². The van der Waals surface area contributed by atoms with Gasteiger partial charge < -0.3 is 11.1 Å². The summed E-state index contributed by atoms with van der Waals surface area (Å²) in [6.45, 7) is 0. The monoisotopic (exact) mass is 224 g/mol. The molecule has 1 aromatic rings. The van der Waals surface area contributed by atoms with Crippen LogP contribution < -0.4 is 11.1 Å². The lowest BCUT2D eigenvalue weighted by Crippen LogP contribution is -2.18. The normalized spacial score (nSPS) is 25.4. The first-order valence-corrected chi connectivity index (χ1v) is 6.43. The van der Waals surface area contributed by atoms with Gasteiger partial charge in [0.15, 0.2) is 5.82 Å². The summed E-state index contributed by atoms with van der Waals surface area (Å²) in [5.41, 5.74) is 6.40. The van der Waals surface area contributed by atoms with E-state index in [0.29, 0.717) is 11.7 Å². The molecule has 0 amide bonds. The first kappa shape index (κ1) is 10.5. The minimum Gasteiger partial charge on any atom is -0.394 e. The Morgan fingerprint density at radius 2 is 2.40 bits per heavy atom. The average Bonchev–Trinajstić information content (AvgIpc) is 2.69. The van der Waals surface area contributed by atoms with Gasteiger partial charge in [-0.05, 0) is 25.5 Å². The van der Waals surface area contributed by atoms with E-state index < -0.39 is 0 Å². The molecule has 2 atom stereocenters. The molecule has 0 aromatic carbocycles. The van der Waals surface area contributed by atoms with E-state index in [1.165, 1.54) is 25.6 Å². The number of nitrogens with zero attached hydrogens (tertiary/aromatic N) is 2. The predicted molar refractivity (Wildman–Crippen MR) is 65.0 cm³/mol. The zero-order valence-corrected chi connectivity index (χ0v) is 9.63. The van der Waals surface area contributed by atoms with Crippen LogP contribution in [0.25, 0.3) is 0 Å². The van der Waals surface area contributed by atoms with Crippen LogP contribution in [0, 0.1) is 0 Å². The Morgan fingerprint density at radius 1 is 1.53 bits per heavy atom. The van der Waals surface area contributed by atoms with Crippen LogP contribution in [0.15, 0.2) is 12.5 Å². The lowest BCUT2D eigenvalue weighted by atomic mass is 10.2. The Hall–Kier alpha value is -0.970. The lowest BCUT2D eigenvalue weighted by Gasteiger charge is -2.14. The lowest BCUT2D eigenvalue weighted by molar-refractivity contribution is 0.752. The van der Waals surface area contributed by atoms with E-state index in [9.17, 15) is 0 Å². The minimum atomic E-state index is 0.514. The van der Waals surface area contributed by atoms with Crippen LogP contribution in [0.5, 0.6) is 0 Å². The molecule has 1 aromatic heterocycles. The maximum absolute atomic E-state index is 5.77. The molecule has 3 N–H and O–H groups in total. The second-order valence-electron chi connectivity index (χ2n) is 3.84. The van der Waals surface area contributed by atoms with E-state index >= 15 is 0 Å². The van der Waals surface area contributed by atoms with Crippen LogP contribution in [-0.4, -0.2) is 27.5 Å². The van der Waals surface area contributed by atoms with E-state index in [1.54, 1.807) is 6.20 Å². The highest BCUT2D eigenvalue weighted by atomic mass is 32.2. The van der Waals surface area contributed by atoms with Crippen LogP contribution in [0.3, 0.4) is 0 Å². The topological polar surface area (TPSA) is 63.8 Å². The van der Waals surface area contributed by atoms with Gasteiger partial charge in [-0.1, -0.05) is 0 Å². The number of thioether (sulfide) groups is 1. The fourth-order valence-electron chi connectivity index (χ4n) is 1.94. The Morgan fingerprint density at radius 3 is 3.07 bits per heavy atom. The summed E-state index contributed by atoms with van der Waals surface area (Å²) < 4.78 is 0. The number of rotatable bonds is 3. The molecule has 1 saturated carbocycles. The Labute approximate surface area is 94.1 Å². The molecule has 1 heterocycles. The molecule has 0 bridgehead atoms. The number of aromatic nitrogens is 2. The summed E-state index contributed by atoms with van der Waals surface area (Å²) in [6, 6.07) is 0.514. The third-order valence-electron chi connectivity index (χ3n) is 2.80. The van der Waals surface area contributed by atoms with E-state index in [-0.39, 0.29) is 0 Å². The summed E-state index contributed by atoms with van der Waals surface area (Å²) >= 11 is 1.95. The van der Waals surface area contributed by atoms with Crippen molar-refractivity contribution in [3.05, 3.63) is 12.5 Å². The van der Waals surface area contributed by atoms with Gasteiger partial charge in [0.1, 0.15) is 6.33 Å². The molecule has 1 aliphatic rings. The van der Waals surface area contributed by atoms with Crippen LogP contribution in [0.2, 0.25) is 0 Å². The molecular formula is C10H16N4S. The van der Waals surface area contributed by atoms with Crippen molar-refractivity contribution >= 4 is 23.3 Å². The number of anilines is 2. The number of nitrogens with two attached hydrogens (primary N) is 1. The standard InChI is InChI=1S/C10H16N4S/c1-15-8-3-2-7(4-8)14-10-9(11)5-12-6-13-10/h5-8H,2-4,11H2,1H3,(H,12,13,14). The quantitative estimate of drug-likeness (QED) is 0.819. The van der Waals surface area contributed by atoms with Gasteiger partial charge in [-0.2, -0.15) is 11.8 Å². The zero-order valence-electron chi connectivity index (χ0n) is 8.81. The molecule has 82 valence electrons. The van der Waals surface area contributed by atoms with E-state index in [4.69, 9.17) is 5.73 Å². The minimum absolute atomic E-state index is 0.514. The SMILES string of the molecule is CSC1CCC(Nc2ncncc2N)C1. The van der Waals surface area contributed by atoms with Gasteiger partial charge in [0.05, 0.1) is 11.9 Å². The maximum Gasteiger partial charge on any atom is 0.152 e. The Balaban J connectivity index is 1.96. The average molecular weight is 224 g/mol. The highest BCUT2D eigenvalue weighted by Crippen LogP contribution is 2.30. The number of hydrogen-bond acceptors (Lipinski definition) is 5. The van der Waals surface area contributed by atoms with Crippen molar-refractivity contribution in [2.75, 3.05) is 17.3 Å². The van der Waals surface area contributed by atoms with Gasteiger partial charge in [-0.25, -0.2) is 9.97 Å². The molecule has 0 radical (unpaired) electrons. The fourth-order valence-corrected chi connectivity index (χ4v) is 2.74. The summed E-state index contributed by atoms with van der Waals surface area (Å²) in [5.74, 6) is 0.775. The smallest absolute Gasteiger partial charge is 0.152 e. The highest BCUT2D eigenvalue weighted by Gasteiger charge is 2.24. The van der Waals surface area contributed by atoms with Gasteiger partial charge in [0.2, 0.25) is 0 Å². The number of hydrogen-bond donors (Lipinski definition) is 2. The second kappa shape index (κ2) is 4.70. The highest BCUT2D eigenvalue weighted by molar-refractivity contribution is 7.99. The van der Waals surface area contributed by atoms with Crippen molar-refractivity contribution in [1.29, 1.82) is 0 Å². The molecule has 5 heteroatoms. The second-order valence-corrected chi connectivity index (χ2v) is 4.98. The van der Waals surface area contributed by atoms with Crippen molar-refractivity contribution in [1.82, 2.24) is 9.97 Å². The van der Waals surface area contributed by atoms with Crippen LogP contribution >= 0.6 is 11.8 Å². The van der Waals surface area contributed by atoms with E-state index in [2.05, 4.69) is 21.5 Å². The fraction of sp³-hybridized carbons (Fsp3) is 0.600. The molecule has 1 aliphatic carbocycles. The summed E-state index contributed by atoms with van der Waals surface area (Å²) in [7, 11) is 0. The van der Waals surface area contributed by atoms with Gasteiger partial charge in [-0.3, -0.25) is 0 Å². The molecule has 1 fully saturated rings. The molecule has 2 rings (SSSR count). The van der Waals surface area contributed by atoms with Crippen molar-refractivity contribution in [3.8, 4) is 0 Å². The zero-order chi connectivity index (χ0) is 10.7. The predicted octanol–water partition coefficient (Wildman–Crippen LogP) is 1.75. The van der Waals surface area contributed by atoms with E-state index in [0.717, 1.165) is 11.1 Å². The first-order valence-electron chi connectivity index (χ1n) is 5.14. The van der Waals surface area contributed by atoms with Gasteiger partial charge in [0.25, 0.3) is 0 Å². The summed E-state index contributed by atoms with van der Waals surface area (Å²) in [4.78, 5) is 8.01. The van der Waals surface area contributed by atoms with Crippen molar-refractivity contribution in [2.24, 2.45) is 0 Å². The molecule has 2 unspecified atom stereocenters. The summed E-state index contributed by atoms with van der Waals surface area (Å²) in [6.07, 6.45) is 9.02. The molecule has 15 heavy (non-hydrogen) atoms. The molecule has 0 saturated heterocycles. The molecular weight excluding hydrogens is 208 g/mol. The van der Waals surface area contributed by atoms with Crippen molar-refractivity contribution < 1.29 is 0 Å². The molecule has 0 aliphatic heterocycles. The number of nitrogens with one attached hydrogen (secondary N) is 1. The third-order valence-corrected chi connectivity index (χ3v) is 3.89.